The van der Waals surface area contributed by atoms with Crippen LogP contribution in [-0.4, -0.2) is 41.3 Å². The van der Waals surface area contributed by atoms with Crippen LogP contribution in [0, 0.1) is 0 Å². The van der Waals surface area contributed by atoms with Crippen molar-refractivity contribution in [2.45, 2.75) is 19.4 Å². The number of nitrogens with zero attached hydrogens (tertiary/aromatic N) is 1. The maximum absolute atomic E-state index is 12.3. The number of ether oxygens (including phenoxy) is 1. The highest BCUT2D eigenvalue weighted by Crippen LogP contribution is 2.18. The molecule has 0 spiro atoms. The van der Waals surface area contributed by atoms with Gasteiger partial charge in [-0.05, 0) is 38.1 Å². The monoisotopic (exact) mass is 352 g/mol. The van der Waals surface area contributed by atoms with Crippen molar-refractivity contribution < 1.29 is 19.1 Å². The van der Waals surface area contributed by atoms with Gasteiger partial charge in [0, 0.05) is 11.1 Å². The maximum atomic E-state index is 12.3. The average molecular weight is 352 g/mol. The summed E-state index contributed by atoms with van der Waals surface area (Å²) < 4.78 is 5.59. The molecule has 6 nitrogen and oxygen atoms in total. The summed E-state index contributed by atoms with van der Waals surface area (Å²) in [6.45, 7) is 3.67. The Hall–Kier alpha value is -3.15. The van der Waals surface area contributed by atoms with Gasteiger partial charge in [-0.25, -0.2) is 4.79 Å². The molecule has 1 saturated heterocycles. The van der Waals surface area contributed by atoms with E-state index in [1.807, 2.05) is 18.2 Å². The van der Waals surface area contributed by atoms with E-state index >= 15 is 0 Å². The number of hydrogen-bond donors (Lipinski definition) is 1. The summed E-state index contributed by atoms with van der Waals surface area (Å²) in [6, 6.07) is 15.4. The number of imide groups is 1. The lowest BCUT2D eigenvalue weighted by Crippen LogP contribution is -2.40. The van der Waals surface area contributed by atoms with Crippen LogP contribution in [0.4, 0.5) is 4.79 Å². The van der Waals surface area contributed by atoms with Gasteiger partial charge in [0.05, 0.1) is 6.54 Å². The number of amides is 3. The summed E-state index contributed by atoms with van der Waals surface area (Å²) in [6.07, 6.45) is 0. The molecule has 0 atom stereocenters. The molecule has 2 aromatic rings. The van der Waals surface area contributed by atoms with Gasteiger partial charge in [0.15, 0.2) is 5.78 Å². The summed E-state index contributed by atoms with van der Waals surface area (Å²) in [5.41, 5.74) is 0.318. The minimum Gasteiger partial charge on any atom is -0.492 e. The van der Waals surface area contributed by atoms with Crippen molar-refractivity contribution >= 4 is 17.7 Å². The highest BCUT2D eigenvalue weighted by atomic mass is 16.5. The van der Waals surface area contributed by atoms with Crippen LogP contribution in [0.5, 0.6) is 5.75 Å². The first-order chi connectivity index (χ1) is 12.4. The topological polar surface area (TPSA) is 75.7 Å². The van der Waals surface area contributed by atoms with Crippen molar-refractivity contribution in [1.82, 2.24) is 10.2 Å². The molecule has 1 aliphatic heterocycles. The second-order valence-electron chi connectivity index (χ2n) is 6.58. The lowest BCUT2D eigenvalue weighted by molar-refractivity contribution is -0.130. The maximum Gasteiger partial charge on any atom is 0.325 e. The minimum absolute atomic E-state index is 0.0567. The lowest BCUT2D eigenvalue weighted by Gasteiger charge is -2.16. The summed E-state index contributed by atoms with van der Waals surface area (Å²) in [5.74, 6) is 0.245. The molecule has 1 fully saturated rings. The number of nitrogens with one attached hydrogen (secondary N) is 1. The molecular formula is C20H20N2O4. The molecule has 0 unspecified atom stereocenters. The van der Waals surface area contributed by atoms with E-state index in [-0.39, 0.29) is 24.8 Å². The van der Waals surface area contributed by atoms with Gasteiger partial charge in [-0.1, -0.05) is 30.3 Å². The zero-order valence-electron chi connectivity index (χ0n) is 14.7. The van der Waals surface area contributed by atoms with Gasteiger partial charge in [0.2, 0.25) is 0 Å². The van der Waals surface area contributed by atoms with Crippen molar-refractivity contribution in [3.05, 3.63) is 65.7 Å². The summed E-state index contributed by atoms with van der Waals surface area (Å²) in [7, 11) is 0. The third-order valence-electron chi connectivity index (χ3n) is 4.18. The minimum atomic E-state index is -0.878. The van der Waals surface area contributed by atoms with E-state index in [1.165, 1.54) is 0 Å². The molecule has 2 aromatic carbocycles. The molecule has 3 amide bonds. The highest BCUT2D eigenvalue weighted by Gasteiger charge is 2.43. The Morgan fingerprint density at radius 1 is 1.00 bits per heavy atom. The van der Waals surface area contributed by atoms with Crippen molar-refractivity contribution in [2.24, 2.45) is 0 Å². The quantitative estimate of drug-likeness (QED) is 0.640. The fourth-order valence-electron chi connectivity index (χ4n) is 2.73. The zero-order chi connectivity index (χ0) is 18.7. The molecule has 0 saturated carbocycles. The number of carbonyl (C=O) groups is 3. The second kappa shape index (κ2) is 7.00. The Morgan fingerprint density at radius 2 is 1.62 bits per heavy atom. The molecule has 3 rings (SSSR count). The van der Waals surface area contributed by atoms with E-state index in [1.54, 1.807) is 50.2 Å². The Morgan fingerprint density at radius 3 is 2.19 bits per heavy atom. The SMILES string of the molecule is CC1(C)NC(=O)N(CCOc2ccc(C(=O)c3ccccc3)cc2)C1=O. The first-order valence-corrected chi connectivity index (χ1v) is 8.35. The van der Waals surface area contributed by atoms with Gasteiger partial charge >= 0.3 is 6.03 Å². The molecule has 0 bridgehead atoms. The molecule has 1 N–H and O–H groups in total. The van der Waals surface area contributed by atoms with Crippen molar-refractivity contribution in [3.8, 4) is 5.75 Å². The average Bonchev–Trinajstić information content (AvgIpc) is 2.84. The van der Waals surface area contributed by atoms with E-state index in [2.05, 4.69) is 5.32 Å². The van der Waals surface area contributed by atoms with Gasteiger partial charge in [-0.3, -0.25) is 14.5 Å². The predicted octanol–water partition coefficient (Wildman–Crippen LogP) is 2.63. The number of benzene rings is 2. The number of rotatable bonds is 6. The van der Waals surface area contributed by atoms with Crippen molar-refractivity contribution in [1.29, 1.82) is 0 Å². The molecule has 26 heavy (non-hydrogen) atoms. The Balaban J connectivity index is 1.56. The lowest BCUT2D eigenvalue weighted by atomic mass is 10.0. The highest BCUT2D eigenvalue weighted by molar-refractivity contribution is 6.09. The predicted molar refractivity (Wildman–Crippen MR) is 96.1 cm³/mol. The van der Waals surface area contributed by atoms with Crippen LogP contribution in [0.25, 0.3) is 0 Å². The van der Waals surface area contributed by atoms with E-state index in [0.29, 0.717) is 16.9 Å². The molecule has 0 aliphatic carbocycles. The van der Waals surface area contributed by atoms with Crippen molar-refractivity contribution in [3.63, 3.8) is 0 Å². The third-order valence-corrected chi connectivity index (χ3v) is 4.18. The smallest absolute Gasteiger partial charge is 0.325 e. The normalized spacial score (nSPS) is 15.7. The Kier molecular flexibility index (Phi) is 4.75. The van der Waals surface area contributed by atoms with Gasteiger partial charge in [0.1, 0.15) is 17.9 Å². The summed E-state index contributed by atoms with van der Waals surface area (Å²) >= 11 is 0. The van der Waals surface area contributed by atoms with Crippen LogP contribution >= 0.6 is 0 Å². The van der Waals surface area contributed by atoms with Crippen LogP contribution in [0.15, 0.2) is 54.6 Å². The fourth-order valence-corrected chi connectivity index (χ4v) is 2.73. The number of carbonyl (C=O) groups excluding carboxylic acids is 3. The largest absolute Gasteiger partial charge is 0.492 e. The van der Waals surface area contributed by atoms with Gasteiger partial charge in [-0.2, -0.15) is 0 Å². The van der Waals surface area contributed by atoms with Crippen LogP contribution < -0.4 is 10.1 Å². The molecule has 0 radical (unpaired) electrons. The number of hydrogen-bond acceptors (Lipinski definition) is 4. The fraction of sp³-hybridized carbons (Fsp3) is 0.250. The molecular weight excluding hydrogens is 332 g/mol. The molecule has 1 heterocycles. The second-order valence-corrected chi connectivity index (χ2v) is 6.58. The van der Waals surface area contributed by atoms with Gasteiger partial charge in [-0.15, -0.1) is 0 Å². The molecule has 1 aliphatic rings. The van der Waals surface area contributed by atoms with E-state index in [0.717, 1.165) is 4.90 Å². The first kappa shape index (κ1) is 17.7. The van der Waals surface area contributed by atoms with Crippen LogP contribution in [0.3, 0.4) is 0 Å². The Labute approximate surface area is 151 Å². The Bertz CT molecular complexity index is 829. The third kappa shape index (κ3) is 3.59. The summed E-state index contributed by atoms with van der Waals surface area (Å²) in [5, 5.41) is 2.62. The van der Waals surface area contributed by atoms with Gasteiger partial charge < -0.3 is 10.1 Å². The van der Waals surface area contributed by atoms with Gasteiger partial charge in [0.25, 0.3) is 5.91 Å². The zero-order valence-corrected chi connectivity index (χ0v) is 14.7. The first-order valence-electron chi connectivity index (χ1n) is 8.35. The van der Waals surface area contributed by atoms with E-state index < -0.39 is 11.6 Å². The molecule has 0 aromatic heterocycles. The molecule has 134 valence electrons. The van der Waals surface area contributed by atoms with Crippen molar-refractivity contribution in [2.75, 3.05) is 13.2 Å². The number of ketones is 1. The van der Waals surface area contributed by atoms with Crippen LogP contribution in [0.1, 0.15) is 29.8 Å². The van der Waals surface area contributed by atoms with Crippen LogP contribution in [0.2, 0.25) is 0 Å². The van der Waals surface area contributed by atoms with E-state index in [4.69, 9.17) is 4.74 Å². The van der Waals surface area contributed by atoms with Crippen LogP contribution in [-0.2, 0) is 4.79 Å². The molecule has 6 heteroatoms. The van der Waals surface area contributed by atoms with E-state index in [9.17, 15) is 14.4 Å². The number of urea groups is 1. The summed E-state index contributed by atoms with van der Waals surface area (Å²) in [4.78, 5) is 37.4. The standard InChI is InChI=1S/C20H20N2O4/c1-20(2)18(24)22(19(25)21-20)12-13-26-16-10-8-15(9-11-16)17(23)14-6-4-3-5-7-14/h3-11H,12-13H2,1-2H3,(H,21,25).